The number of carbonyl (C=O) groups excluding carboxylic acids is 1. The molecule has 0 atom stereocenters. The van der Waals surface area contributed by atoms with E-state index in [-0.39, 0.29) is 30.0 Å². The molecule has 2 aromatic rings. The first-order chi connectivity index (χ1) is 29.0. The van der Waals surface area contributed by atoms with E-state index in [1.54, 1.807) is 6.07 Å². The molecule has 62 heavy (non-hydrogen) atoms. The number of nitrogens with zero attached hydrogens (tertiary/aromatic N) is 4. The number of benzene rings is 2. The normalized spacial score (nSPS) is 21.9. The summed E-state index contributed by atoms with van der Waals surface area (Å²) in [5.74, 6) is -0.805. The lowest BCUT2D eigenvalue weighted by molar-refractivity contribution is -0.539. The van der Waals surface area contributed by atoms with Crippen LogP contribution in [-0.4, -0.2) is 124 Å². The maximum absolute atomic E-state index is 12.2. The smallest absolute Gasteiger partial charge is 0.294 e. The molecule has 0 unspecified atom stereocenters. The van der Waals surface area contributed by atoms with Gasteiger partial charge in [-0.25, -0.2) is 4.58 Å². The number of aryl methyl sites for hydroxylation is 1. The third-order valence-electron chi connectivity index (χ3n) is 12.4. The van der Waals surface area contributed by atoms with Gasteiger partial charge in [-0.3, -0.25) is 23.4 Å². The van der Waals surface area contributed by atoms with Gasteiger partial charge in [0.15, 0.2) is 13.1 Å². The third-order valence-corrected chi connectivity index (χ3v) is 14.9. The molecule has 15 nitrogen and oxygen atoms in total. The van der Waals surface area contributed by atoms with Gasteiger partial charge in [0, 0.05) is 64.4 Å². The first-order valence-electron chi connectivity index (χ1n) is 20.9. The molecule has 0 bridgehead atoms. The van der Waals surface area contributed by atoms with E-state index in [2.05, 4.69) is 58.6 Å². The maximum atomic E-state index is 12.2. The Morgan fingerprint density at radius 2 is 1.21 bits per heavy atom. The van der Waals surface area contributed by atoms with Gasteiger partial charge in [0.25, 0.3) is 36.8 Å². The van der Waals surface area contributed by atoms with Crippen molar-refractivity contribution in [1.82, 2.24) is 4.90 Å². The molecule has 338 valence electrons. The van der Waals surface area contributed by atoms with E-state index in [1.165, 1.54) is 12.1 Å². The number of anilines is 2. The highest BCUT2D eigenvalue weighted by molar-refractivity contribution is 7.86. The minimum absolute atomic E-state index is 0.107. The predicted octanol–water partition coefficient (Wildman–Crippen LogP) is 5.44. The highest BCUT2D eigenvalue weighted by Crippen LogP contribution is 2.50. The van der Waals surface area contributed by atoms with Crippen molar-refractivity contribution in [2.45, 2.75) is 82.4 Å². The second kappa shape index (κ2) is 18.5. The van der Waals surface area contributed by atoms with Crippen LogP contribution < -0.4 is 9.80 Å². The Morgan fingerprint density at radius 3 is 1.69 bits per heavy atom. The fourth-order valence-corrected chi connectivity index (χ4v) is 10.8. The van der Waals surface area contributed by atoms with Crippen LogP contribution in [0.3, 0.4) is 0 Å². The van der Waals surface area contributed by atoms with Crippen LogP contribution in [0.2, 0.25) is 0 Å². The molecule has 3 N–H and O–H groups in total. The Hall–Kier alpha value is -4.17. The van der Waals surface area contributed by atoms with E-state index in [9.17, 15) is 43.7 Å². The first-order valence-corrected chi connectivity index (χ1v) is 25.6. The van der Waals surface area contributed by atoms with Crippen molar-refractivity contribution in [1.29, 1.82) is 0 Å². The van der Waals surface area contributed by atoms with Gasteiger partial charge in [-0.15, -0.1) is 0 Å². The van der Waals surface area contributed by atoms with Gasteiger partial charge < -0.3 is 14.5 Å². The van der Waals surface area contributed by atoms with E-state index in [0.29, 0.717) is 50.5 Å². The highest BCUT2D eigenvalue weighted by atomic mass is 32.2. The monoisotopic (exact) mass is 915 g/mol. The Labute approximate surface area is 366 Å². The number of piperazine rings is 1. The van der Waals surface area contributed by atoms with Crippen LogP contribution in [0.1, 0.15) is 76.5 Å². The third kappa shape index (κ3) is 10.8. The van der Waals surface area contributed by atoms with Crippen molar-refractivity contribution in [3.63, 3.8) is 0 Å². The Bertz CT molecular complexity index is 2560. The van der Waals surface area contributed by atoms with E-state index >= 15 is 0 Å². The van der Waals surface area contributed by atoms with Crippen LogP contribution in [0.5, 0.6) is 0 Å². The van der Waals surface area contributed by atoms with Gasteiger partial charge in [-0.2, -0.15) is 25.3 Å². The number of hydrogen-bond donors (Lipinski definition) is 3. The molecule has 2 aromatic carbocycles. The molecule has 3 heterocycles. The molecule has 1 aliphatic carbocycles. The SMILES string of the molecule is Cc1ccc2c(c1)C(C)(C)/C(=C/C=C1\CCCC(=CC=C3N(CCCS(=O)(=O)O)c4ccc(S(=O)(=O)O)cc4C3(C)C)C1=[N+]1CCN(CCOC=O)CC1)N2CCCS(=O)(=O)O. The van der Waals surface area contributed by atoms with Crippen LogP contribution in [0.15, 0.2) is 88.1 Å². The van der Waals surface area contributed by atoms with E-state index < -0.39 is 46.9 Å². The summed E-state index contributed by atoms with van der Waals surface area (Å²) in [7, 11) is -12.9. The number of allylic oxidation sites excluding steroid dienone is 8. The van der Waals surface area contributed by atoms with Crippen LogP contribution >= 0.6 is 0 Å². The van der Waals surface area contributed by atoms with Crippen molar-refractivity contribution in [3.05, 3.63) is 99.9 Å². The summed E-state index contributed by atoms with van der Waals surface area (Å²) in [4.78, 5) is 16.9. The molecule has 1 saturated heterocycles. The lowest BCUT2D eigenvalue weighted by Crippen LogP contribution is -2.46. The zero-order chi connectivity index (χ0) is 45.3. The zero-order valence-corrected chi connectivity index (χ0v) is 38.5. The minimum atomic E-state index is -4.51. The highest BCUT2D eigenvalue weighted by Gasteiger charge is 2.42. The largest absolute Gasteiger partial charge is 0.467 e. The zero-order valence-electron chi connectivity index (χ0n) is 36.1. The second-order valence-corrected chi connectivity index (χ2v) is 22.1. The molecule has 0 radical (unpaired) electrons. The van der Waals surface area contributed by atoms with Crippen molar-refractivity contribution < 1.29 is 53.0 Å². The van der Waals surface area contributed by atoms with Crippen LogP contribution in [0, 0.1) is 6.92 Å². The van der Waals surface area contributed by atoms with Crippen LogP contribution in [0.4, 0.5) is 11.4 Å². The number of carbonyl (C=O) groups is 1. The molecule has 0 amide bonds. The quantitative estimate of drug-likeness (QED) is 0.0883. The molecular weight excluding hydrogens is 857 g/mol. The summed E-state index contributed by atoms with van der Waals surface area (Å²) in [6.07, 6.45) is 11.2. The first kappa shape index (κ1) is 47.3. The summed E-state index contributed by atoms with van der Waals surface area (Å²) in [6.45, 7) is 15.2. The average Bonchev–Trinajstić information content (AvgIpc) is 3.52. The van der Waals surface area contributed by atoms with Gasteiger partial charge in [-0.05, 0) is 86.6 Å². The Kier molecular flexibility index (Phi) is 14.1. The molecular formula is C44H59N4O11S3+. The molecule has 1 saturated carbocycles. The summed E-state index contributed by atoms with van der Waals surface area (Å²) in [6, 6.07) is 10.7. The fourth-order valence-electron chi connectivity index (χ4n) is 9.32. The Balaban J connectivity index is 1.45. The number of hydrogen-bond acceptors (Lipinski definition) is 11. The van der Waals surface area contributed by atoms with Gasteiger partial charge in [0.05, 0.1) is 29.5 Å². The van der Waals surface area contributed by atoms with Crippen molar-refractivity contribution in [2.24, 2.45) is 0 Å². The van der Waals surface area contributed by atoms with Gasteiger partial charge in [-0.1, -0.05) is 57.5 Å². The van der Waals surface area contributed by atoms with Crippen LogP contribution in [-0.2, 0) is 50.7 Å². The number of fused-ring (bicyclic) bond motifs is 2. The van der Waals surface area contributed by atoms with E-state index in [1.807, 2.05) is 37.8 Å². The summed E-state index contributed by atoms with van der Waals surface area (Å²) >= 11 is 0. The molecule has 0 aromatic heterocycles. The lowest BCUT2D eigenvalue weighted by Gasteiger charge is -2.29. The van der Waals surface area contributed by atoms with Gasteiger partial charge in [0.1, 0.15) is 6.61 Å². The molecule has 2 fully saturated rings. The maximum Gasteiger partial charge on any atom is 0.294 e. The number of ether oxygens (including phenoxy) is 1. The van der Waals surface area contributed by atoms with Crippen molar-refractivity contribution >= 4 is 53.9 Å². The Morgan fingerprint density at radius 1 is 0.710 bits per heavy atom. The number of rotatable bonds is 15. The molecule has 18 heteroatoms. The minimum Gasteiger partial charge on any atom is -0.467 e. The second-order valence-electron chi connectivity index (χ2n) is 17.5. The van der Waals surface area contributed by atoms with E-state index in [4.69, 9.17) is 4.74 Å². The van der Waals surface area contributed by atoms with Gasteiger partial charge in [0.2, 0.25) is 5.71 Å². The van der Waals surface area contributed by atoms with Gasteiger partial charge >= 0.3 is 0 Å². The molecule has 3 aliphatic heterocycles. The van der Waals surface area contributed by atoms with E-state index in [0.717, 1.165) is 77.4 Å². The average molecular weight is 916 g/mol. The van der Waals surface area contributed by atoms with Crippen molar-refractivity contribution in [2.75, 3.05) is 73.7 Å². The standard InChI is InChI=1S/C44H58N4O11S3/c1-32-11-15-38-36(29-32)43(2,3)40(47(38)19-7-27-60(50,51)52)17-12-33-9-6-10-34(42(33)46-23-21-45(22-24-46)25-26-59-31-49)13-18-41-44(4,5)37-30-35(62(56,57)58)14-16-39(37)48(41)20-8-28-61(53,54)55/h11-18,29-31H,6-10,19-28H2,1-5H3,(H2-,50,51,52,53,54,55,56,57,58)/p+1. The molecule has 6 rings (SSSR count). The predicted molar refractivity (Wildman–Crippen MR) is 240 cm³/mol. The summed E-state index contributed by atoms with van der Waals surface area (Å²) in [5.41, 5.74) is 8.50. The molecule has 0 spiro atoms. The van der Waals surface area contributed by atoms with Crippen molar-refractivity contribution in [3.8, 4) is 0 Å². The van der Waals surface area contributed by atoms with Crippen LogP contribution in [0.25, 0.3) is 0 Å². The fraction of sp³-hybridized carbons (Fsp3) is 0.500. The summed E-state index contributed by atoms with van der Waals surface area (Å²) in [5, 5.41) is 0. The molecule has 4 aliphatic rings. The topological polar surface area (TPSA) is 202 Å². The lowest BCUT2D eigenvalue weighted by atomic mass is 9.82. The summed E-state index contributed by atoms with van der Waals surface area (Å²) < 4.78 is 108.